The normalized spacial score (nSPS) is 31.1. The summed E-state index contributed by atoms with van der Waals surface area (Å²) < 4.78 is 5.19. The lowest BCUT2D eigenvalue weighted by atomic mass is 9.68. The van der Waals surface area contributed by atoms with Gasteiger partial charge in [0.25, 0.3) is 0 Å². The Hall–Kier alpha value is -0.570. The smallest absolute Gasteiger partial charge is 0.306 e. The van der Waals surface area contributed by atoms with E-state index in [1.807, 2.05) is 0 Å². The maximum Gasteiger partial charge on any atom is 0.306 e. The highest BCUT2D eigenvalue weighted by atomic mass is 16.5. The van der Waals surface area contributed by atoms with Crippen molar-refractivity contribution in [3.05, 3.63) is 0 Å². The fourth-order valence-electron chi connectivity index (χ4n) is 3.29. The van der Waals surface area contributed by atoms with Crippen LogP contribution in [0.2, 0.25) is 0 Å². The van der Waals surface area contributed by atoms with Gasteiger partial charge in [-0.15, -0.1) is 0 Å². The van der Waals surface area contributed by atoms with Crippen molar-refractivity contribution in [1.82, 2.24) is 0 Å². The van der Waals surface area contributed by atoms with Gasteiger partial charge in [-0.3, -0.25) is 4.79 Å². The highest BCUT2D eigenvalue weighted by Crippen LogP contribution is 2.40. The number of ether oxygens (including phenoxy) is 1. The zero-order valence-electron chi connectivity index (χ0n) is 11.3. The monoisotopic (exact) mass is 242 g/mol. The molecule has 17 heavy (non-hydrogen) atoms. The van der Waals surface area contributed by atoms with Gasteiger partial charge in [-0.2, -0.15) is 0 Å². The lowest BCUT2D eigenvalue weighted by Gasteiger charge is -2.37. The molecule has 0 saturated heterocycles. The summed E-state index contributed by atoms with van der Waals surface area (Å²) in [6.45, 7) is 5.00. The highest BCUT2D eigenvalue weighted by molar-refractivity contribution is 5.70. The first-order valence-corrected chi connectivity index (χ1v) is 6.81. The molecule has 0 amide bonds. The summed E-state index contributed by atoms with van der Waals surface area (Å²) in [7, 11) is 1.69. The van der Waals surface area contributed by atoms with Gasteiger partial charge >= 0.3 is 5.97 Å². The van der Waals surface area contributed by atoms with E-state index in [1.54, 1.807) is 7.11 Å². The molecule has 0 radical (unpaired) electrons. The van der Waals surface area contributed by atoms with Crippen LogP contribution in [0.3, 0.4) is 0 Å². The summed E-state index contributed by atoms with van der Waals surface area (Å²) >= 11 is 0. The zero-order chi connectivity index (χ0) is 12.8. The quantitative estimate of drug-likeness (QED) is 0.778. The number of carboxylic acid groups (broad SMARTS) is 1. The van der Waals surface area contributed by atoms with Gasteiger partial charge in [0.2, 0.25) is 0 Å². The van der Waals surface area contributed by atoms with Crippen molar-refractivity contribution in [2.24, 2.45) is 23.7 Å². The average Bonchev–Trinajstić information content (AvgIpc) is 2.29. The molecule has 1 rings (SSSR count). The number of carboxylic acids is 1. The molecule has 0 aromatic heterocycles. The molecule has 3 nitrogen and oxygen atoms in total. The minimum atomic E-state index is -0.618. The van der Waals surface area contributed by atoms with Crippen LogP contribution in [-0.4, -0.2) is 24.8 Å². The molecule has 3 heteroatoms. The Bertz CT molecular complexity index is 240. The maximum absolute atomic E-state index is 11.3. The summed E-state index contributed by atoms with van der Waals surface area (Å²) in [4.78, 5) is 11.3. The Labute approximate surface area is 105 Å². The van der Waals surface area contributed by atoms with Gasteiger partial charge in [-0.25, -0.2) is 0 Å². The van der Waals surface area contributed by atoms with Gasteiger partial charge in [0.15, 0.2) is 0 Å². The second-order valence-electron chi connectivity index (χ2n) is 5.51. The average molecular weight is 242 g/mol. The van der Waals surface area contributed by atoms with Crippen molar-refractivity contribution in [3.63, 3.8) is 0 Å². The van der Waals surface area contributed by atoms with Gasteiger partial charge in [0.1, 0.15) is 0 Å². The SMILES string of the molecule is CCCC1CCC(C(=O)O)C(C(C)COC)C1. The van der Waals surface area contributed by atoms with E-state index in [9.17, 15) is 9.90 Å². The standard InChI is InChI=1S/C14H26O3/c1-4-5-11-6-7-12(14(15)16)13(8-11)10(2)9-17-3/h10-13H,4-9H2,1-3H3,(H,15,16). The highest BCUT2D eigenvalue weighted by Gasteiger charge is 2.37. The van der Waals surface area contributed by atoms with E-state index in [2.05, 4.69) is 13.8 Å². The van der Waals surface area contributed by atoms with Crippen LogP contribution in [-0.2, 0) is 9.53 Å². The number of aliphatic carboxylic acids is 1. The third-order valence-electron chi connectivity index (χ3n) is 4.18. The molecule has 0 bridgehead atoms. The largest absolute Gasteiger partial charge is 0.481 e. The summed E-state index contributed by atoms with van der Waals surface area (Å²) in [5.74, 6) is 0.583. The van der Waals surface area contributed by atoms with Crippen LogP contribution >= 0.6 is 0 Å². The molecule has 1 aliphatic carbocycles. The van der Waals surface area contributed by atoms with Crippen LogP contribution in [0.4, 0.5) is 0 Å². The van der Waals surface area contributed by atoms with Crippen LogP contribution < -0.4 is 0 Å². The number of hydrogen-bond donors (Lipinski definition) is 1. The van der Waals surface area contributed by atoms with E-state index >= 15 is 0 Å². The number of methoxy groups -OCH3 is 1. The lowest BCUT2D eigenvalue weighted by Crippen LogP contribution is -2.35. The van der Waals surface area contributed by atoms with Crippen molar-refractivity contribution in [1.29, 1.82) is 0 Å². The fraction of sp³-hybridized carbons (Fsp3) is 0.929. The van der Waals surface area contributed by atoms with E-state index in [-0.39, 0.29) is 11.8 Å². The Morgan fingerprint density at radius 2 is 2.18 bits per heavy atom. The topological polar surface area (TPSA) is 46.5 Å². The van der Waals surface area contributed by atoms with Crippen molar-refractivity contribution in [3.8, 4) is 0 Å². The maximum atomic E-state index is 11.3. The second-order valence-corrected chi connectivity index (χ2v) is 5.51. The molecule has 1 fully saturated rings. The fourth-order valence-corrected chi connectivity index (χ4v) is 3.29. The molecule has 1 aliphatic rings. The molecule has 0 aromatic rings. The van der Waals surface area contributed by atoms with E-state index in [0.717, 1.165) is 25.2 Å². The van der Waals surface area contributed by atoms with E-state index in [1.165, 1.54) is 12.8 Å². The predicted octanol–water partition coefficient (Wildman–Crippen LogP) is 3.19. The molecule has 0 aromatic carbocycles. The van der Waals surface area contributed by atoms with Crippen molar-refractivity contribution in [2.75, 3.05) is 13.7 Å². The van der Waals surface area contributed by atoms with Crippen LogP contribution in [0.1, 0.15) is 46.0 Å². The summed E-state index contributed by atoms with van der Waals surface area (Å²) in [6, 6.07) is 0. The summed E-state index contributed by atoms with van der Waals surface area (Å²) in [6.07, 6.45) is 5.44. The van der Waals surface area contributed by atoms with Crippen molar-refractivity contribution < 1.29 is 14.6 Å². The number of rotatable bonds is 6. The van der Waals surface area contributed by atoms with Gasteiger partial charge in [-0.05, 0) is 37.0 Å². The van der Waals surface area contributed by atoms with Crippen LogP contribution in [0.25, 0.3) is 0 Å². The molecule has 0 spiro atoms. The van der Waals surface area contributed by atoms with Gasteiger partial charge < -0.3 is 9.84 Å². The first-order valence-electron chi connectivity index (χ1n) is 6.81. The van der Waals surface area contributed by atoms with Crippen LogP contribution in [0.5, 0.6) is 0 Å². The molecule has 0 aliphatic heterocycles. The van der Waals surface area contributed by atoms with Crippen molar-refractivity contribution >= 4 is 5.97 Å². The molecule has 0 heterocycles. The van der Waals surface area contributed by atoms with Crippen LogP contribution in [0.15, 0.2) is 0 Å². The minimum absolute atomic E-state index is 0.159. The molecular weight excluding hydrogens is 216 g/mol. The van der Waals surface area contributed by atoms with E-state index in [0.29, 0.717) is 12.5 Å². The molecule has 1 saturated carbocycles. The minimum Gasteiger partial charge on any atom is -0.481 e. The van der Waals surface area contributed by atoms with Crippen molar-refractivity contribution in [2.45, 2.75) is 46.0 Å². The van der Waals surface area contributed by atoms with Gasteiger partial charge in [0, 0.05) is 13.7 Å². The molecule has 4 atom stereocenters. The summed E-state index contributed by atoms with van der Waals surface area (Å²) in [5, 5.41) is 9.30. The third-order valence-corrected chi connectivity index (χ3v) is 4.18. The van der Waals surface area contributed by atoms with Crippen LogP contribution in [0, 0.1) is 23.7 Å². The van der Waals surface area contributed by atoms with Gasteiger partial charge in [-0.1, -0.05) is 26.7 Å². The zero-order valence-corrected chi connectivity index (χ0v) is 11.3. The predicted molar refractivity (Wildman–Crippen MR) is 67.9 cm³/mol. The van der Waals surface area contributed by atoms with Gasteiger partial charge in [0.05, 0.1) is 5.92 Å². The first-order chi connectivity index (χ1) is 8.10. The Morgan fingerprint density at radius 1 is 1.47 bits per heavy atom. The van der Waals surface area contributed by atoms with E-state index < -0.39 is 5.97 Å². The summed E-state index contributed by atoms with van der Waals surface area (Å²) in [5.41, 5.74) is 0. The first kappa shape index (κ1) is 14.5. The van der Waals surface area contributed by atoms with E-state index in [4.69, 9.17) is 4.74 Å². The molecular formula is C14H26O3. The third kappa shape index (κ3) is 3.98. The molecule has 1 N–H and O–H groups in total. The number of carbonyl (C=O) groups is 1. The number of hydrogen-bond acceptors (Lipinski definition) is 2. The Balaban J connectivity index is 2.65. The Morgan fingerprint density at radius 3 is 2.71 bits per heavy atom. The molecule has 100 valence electrons. The molecule has 4 unspecified atom stereocenters. The Kier molecular flexibility index (Phi) is 5.96. The second kappa shape index (κ2) is 7.00. The lowest BCUT2D eigenvalue weighted by molar-refractivity contribution is -0.146.